The first kappa shape index (κ1) is 18.3. The Morgan fingerprint density at radius 1 is 1.23 bits per heavy atom. The summed E-state index contributed by atoms with van der Waals surface area (Å²) in [6.07, 6.45) is 5.64. The van der Waals surface area contributed by atoms with Gasteiger partial charge in [0.2, 0.25) is 5.88 Å². The summed E-state index contributed by atoms with van der Waals surface area (Å²) in [6, 6.07) is 7.73. The summed E-state index contributed by atoms with van der Waals surface area (Å²) in [5.41, 5.74) is 3.66. The third-order valence-electron chi connectivity index (χ3n) is 5.42. The molecule has 2 amide bonds. The fourth-order valence-corrected chi connectivity index (χ4v) is 4.01. The molecule has 1 atom stereocenters. The molecule has 0 aromatic carbocycles. The number of ether oxygens (including phenoxy) is 1. The van der Waals surface area contributed by atoms with Crippen LogP contribution in [-0.2, 0) is 0 Å². The topological polar surface area (TPSA) is 96.4 Å². The number of urea groups is 1. The lowest BCUT2D eigenvalue weighted by Crippen LogP contribution is -2.48. The highest BCUT2D eigenvalue weighted by Gasteiger charge is 2.40. The van der Waals surface area contributed by atoms with Crippen molar-refractivity contribution in [2.75, 3.05) is 35.3 Å². The number of aryl methyl sites for hydroxylation is 1. The standard InChI is InChI=1S/C21H21N7O2/c1-13-9-14(5-7-23-13)16-3-4-17-20(24-16)28(15-6-8-27(17)12-15)21(29)26-18-10-22-11-19(25-18)30-2/h3-5,7,9-11,15H,6,8,12H2,1-2H3,(H,25,26,29)/t15-/m0/s1. The van der Waals surface area contributed by atoms with Gasteiger partial charge in [-0.3, -0.25) is 20.2 Å². The summed E-state index contributed by atoms with van der Waals surface area (Å²) >= 11 is 0. The van der Waals surface area contributed by atoms with Crippen molar-refractivity contribution in [2.45, 2.75) is 19.4 Å². The second kappa shape index (κ2) is 7.25. The molecule has 2 aliphatic rings. The van der Waals surface area contributed by atoms with E-state index < -0.39 is 0 Å². The summed E-state index contributed by atoms with van der Waals surface area (Å²) in [4.78, 5) is 34.7. The van der Waals surface area contributed by atoms with Gasteiger partial charge in [-0.15, -0.1) is 0 Å². The molecule has 3 aromatic heterocycles. The van der Waals surface area contributed by atoms with Crippen molar-refractivity contribution in [1.29, 1.82) is 0 Å². The third kappa shape index (κ3) is 3.18. The van der Waals surface area contributed by atoms with Gasteiger partial charge in [-0.05, 0) is 37.6 Å². The molecule has 0 radical (unpaired) electrons. The van der Waals surface area contributed by atoms with E-state index in [2.05, 4.69) is 25.2 Å². The molecule has 0 aliphatic carbocycles. The third-order valence-corrected chi connectivity index (χ3v) is 5.42. The van der Waals surface area contributed by atoms with Gasteiger partial charge in [0.15, 0.2) is 11.6 Å². The van der Waals surface area contributed by atoms with E-state index in [0.29, 0.717) is 17.5 Å². The molecule has 0 spiro atoms. The summed E-state index contributed by atoms with van der Waals surface area (Å²) in [7, 11) is 1.51. The SMILES string of the molecule is COc1cncc(NC(=O)N2c3nc(-c4ccnc(C)c4)ccc3N3CC[C@H]2C3)n1. The van der Waals surface area contributed by atoms with Crippen LogP contribution in [-0.4, -0.2) is 52.2 Å². The zero-order valence-electron chi connectivity index (χ0n) is 16.7. The molecule has 9 nitrogen and oxygen atoms in total. The van der Waals surface area contributed by atoms with Gasteiger partial charge in [0.05, 0.1) is 36.9 Å². The molecule has 152 valence electrons. The van der Waals surface area contributed by atoms with Crippen LogP contribution >= 0.6 is 0 Å². The number of rotatable bonds is 3. The minimum atomic E-state index is -0.277. The van der Waals surface area contributed by atoms with Crippen LogP contribution in [0.4, 0.5) is 22.1 Å². The van der Waals surface area contributed by atoms with E-state index in [1.807, 2.05) is 31.2 Å². The number of nitrogens with one attached hydrogen (secondary N) is 1. The van der Waals surface area contributed by atoms with Gasteiger partial charge < -0.3 is 9.64 Å². The van der Waals surface area contributed by atoms with Gasteiger partial charge in [0, 0.05) is 30.5 Å². The maximum atomic E-state index is 13.3. The molecule has 2 aliphatic heterocycles. The Morgan fingerprint density at radius 2 is 2.13 bits per heavy atom. The zero-order chi connectivity index (χ0) is 20.7. The first-order chi connectivity index (χ1) is 14.6. The van der Waals surface area contributed by atoms with Gasteiger partial charge >= 0.3 is 6.03 Å². The molecule has 1 saturated heterocycles. The van der Waals surface area contributed by atoms with Gasteiger partial charge in [0.1, 0.15) is 0 Å². The second-order valence-corrected chi connectivity index (χ2v) is 7.36. The first-order valence-electron chi connectivity index (χ1n) is 9.77. The molecule has 3 aromatic rings. The van der Waals surface area contributed by atoms with Crippen molar-refractivity contribution >= 4 is 23.4 Å². The Kier molecular flexibility index (Phi) is 4.42. The van der Waals surface area contributed by atoms with Crippen LogP contribution in [0, 0.1) is 6.92 Å². The molecule has 5 rings (SSSR count). The summed E-state index contributed by atoms with van der Waals surface area (Å²) in [6.45, 7) is 3.64. The van der Waals surface area contributed by atoms with Crippen LogP contribution < -0.4 is 19.9 Å². The van der Waals surface area contributed by atoms with E-state index in [9.17, 15) is 4.79 Å². The smallest absolute Gasteiger partial charge is 0.329 e. The Balaban J connectivity index is 1.52. The van der Waals surface area contributed by atoms with Gasteiger partial charge in [-0.25, -0.2) is 9.78 Å². The molecule has 9 heteroatoms. The molecule has 0 saturated carbocycles. The lowest BCUT2D eigenvalue weighted by atomic mass is 10.1. The quantitative estimate of drug-likeness (QED) is 0.718. The minimum absolute atomic E-state index is 0.0537. The van der Waals surface area contributed by atoms with Crippen molar-refractivity contribution < 1.29 is 9.53 Å². The van der Waals surface area contributed by atoms with Crippen LogP contribution in [0.5, 0.6) is 5.88 Å². The molecule has 1 fully saturated rings. The van der Waals surface area contributed by atoms with Gasteiger partial charge in [0.25, 0.3) is 0 Å². The second-order valence-electron chi connectivity index (χ2n) is 7.36. The fraction of sp³-hybridized carbons (Fsp3) is 0.286. The number of hydrogen-bond donors (Lipinski definition) is 1. The highest BCUT2D eigenvalue weighted by Crippen LogP contribution is 2.40. The maximum Gasteiger partial charge on any atom is 0.329 e. The summed E-state index contributed by atoms with van der Waals surface area (Å²) in [5.74, 6) is 1.33. The lowest BCUT2D eigenvalue weighted by molar-refractivity contribution is 0.254. The van der Waals surface area contributed by atoms with Gasteiger partial charge in [-0.2, -0.15) is 4.98 Å². The number of methoxy groups -OCH3 is 1. The molecular formula is C21H21N7O2. The number of carbonyl (C=O) groups is 1. The molecule has 0 unspecified atom stereocenters. The Morgan fingerprint density at radius 3 is 2.97 bits per heavy atom. The molecule has 5 heterocycles. The van der Waals surface area contributed by atoms with Crippen LogP contribution in [0.2, 0.25) is 0 Å². The summed E-state index contributed by atoms with van der Waals surface area (Å²) in [5, 5.41) is 2.84. The largest absolute Gasteiger partial charge is 0.480 e. The first-order valence-corrected chi connectivity index (χ1v) is 9.77. The maximum absolute atomic E-state index is 13.3. The highest BCUT2D eigenvalue weighted by molar-refractivity contribution is 6.04. The number of amides is 2. The molecule has 30 heavy (non-hydrogen) atoms. The van der Waals surface area contributed by atoms with Crippen LogP contribution in [0.25, 0.3) is 11.3 Å². The van der Waals surface area contributed by atoms with E-state index in [4.69, 9.17) is 9.72 Å². The number of hydrogen-bond acceptors (Lipinski definition) is 7. The predicted octanol–water partition coefficient (Wildman–Crippen LogP) is 2.88. The normalized spacial score (nSPS) is 16.9. The number of fused-ring (bicyclic) bond motifs is 4. The Labute approximate surface area is 173 Å². The summed E-state index contributed by atoms with van der Waals surface area (Å²) < 4.78 is 5.10. The van der Waals surface area contributed by atoms with E-state index in [-0.39, 0.29) is 12.1 Å². The van der Waals surface area contributed by atoms with Crippen LogP contribution in [0.1, 0.15) is 12.1 Å². The fourth-order valence-electron chi connectivity index (χ4n) is 4.01. The highest BCUT2D eigenvalue weighted by atomic mass is 16.5. The molecule has 2 bridgehead atoms. The van der Waals surface area contributed by atoms with Crippen LogP contribution in [0.15, 0.2) is 42.9 Å². The number of pyridine rings is 2. The number of aromatic nitrogens is 4. The average molecular weight is 403 g/mol. The number of carbonyl (C=O) groups excluding carboxylic acids is 1. The van der Waals surface area contributed by atoms with Crippen molar-refractivity contribution in [3.8, 4) is 17.1 Å². The monoisotopic (exact) mass is 403 g/mol. The van der Waals surface area contributed by atoms with Gasteiger partial charge in [-0.1, -0.05) is 0 Å². The van der Waals surface area contributed by atoms with Crippen molar-refractivity contribution in [2.24, 2.45) is 0 Å². The molecule has 1 N–H and O–H groups in total. The van der Waals surface area contributed by atoms with Crippen molar-refractivity contribution in [3.63, 3.8) is 0 Å². The number of nitrogens with zero attached hydrogens (tertiary/aromatic N) is 6. The van der Waals surface area contributed by atoms with E-state index in [0.717, 1.165) is 42.1 Å². The zero-order valence-corrected chi connectivity index (χ0v) is 16.7. The van der Waals surface area contributed by atoms with Crippen molar-refractivity contribution in [1.82, 2.24) is 19.9 Å². The van der Waals surface area contributed by atoms with E-state index in [1.54, 1.807) is 11.1 Å². The minimum Gasteiger partial charge on any atom is -0.480 e. The predicted molar refractivity (Wildman–Crippen MR) is 113 cm³/mol. The van der Waals surface area contributed by atoms with E-state index >= 15 is 0 Å². The van der Waals surface area contributed by atoms with E-state index in [1.165, 1.54) is 19.5 Å². The van der Waals surface area contributed by atoms with Crippen LogP contribution in [0.3, 0.4) is 0 Å². The Hall–Kier alpha value is -3.75. The number of anilines is 3. The van der Waals surface area contributed by atoms with Crippen molar-refractivity contribution in [3.05, 3.63) is 48.5 Å². The average Bonchev–Trinajstić information content (AvgIpc) is 3.18. The molecular weight excluding hydrogens is 382 g/mol. The Bertz CT molecular complexity index is 1120. The lowest BCUT2D eigenvalue weighted by Gasteiger charge is -2.35.